The number of rotatable bonds is 2. The molecule has 0 atom stereocenters. The number of hydrogen-bond donors (Lipinski definition) is 1. The van der Waals surface area contributed by atoms with E-state index in [1.165, 1.54) is 0 Å². The van der Waals surface area contributed by atoms with Gasteiger partial charge in [0, 0.05) is 36.7 Å². The largest absolute Gasteiger partial charge is 0.505 e. The van der Waals surface area contributed by atoms with Crippen LogP contribution in [-0.2, 0) is 11.3 Å². The zero-order valence-electron chi connectivity index (χ0n) is 10.3. The summed E-state index contributed by atoms with van der Waals surface area (Å²) >= 11 is 6.20. The highest BCUT2D eigenvalue weighted by atomic mass is 35.5. The summed E-state index contributed by atoms with van der Waals surface area (Å²) in [5.74, 6) is 0.233. The van der Waals surface area contributed by atoms with Gasteiger partial charge in [-0.3, -0.25) is 9.78 Å². The predicted molar refractivity (Wildman–Crippen MR) is 73.1 cm³/mol. The maximum Gasteiger partial charge on any atom is 0.222 e. The summed E-state index contributed by atoms with van der Waals surface area (Å²) in [6, 6.07) is 5.30. The van der Waals surface area contributed by atoms with Gasteiger partial charge in [-0.1, -0.05) is 11.6 Å². The number of benzene rings is 1. The molecule has 0 radical (unpaired) electrons. The quantitative estimate of drug-likeness (QED) is 0.917. The molecule has 1 amide bonds. The molecule has 0 bridgehead atoms. The first-order chi connectivity index (χ1) is 9.16. The number of amides is 1. The topological polar surface area (TPSA) is 53.4 Å². The van der Waals surface area contributed by atoms with Crippen molar-refractivity contribution in [1.82, 2.24) is 9.88 Å². The van der Waals surface area contributed by atoms with Crippen LogP contribution in [-0.4, -0.2) is 27.4 Å². The van der Waals surface area contributed by atoms with Crippen LogP contribution in [0.3, 0.4) is 0 Å². The van der Waals surface area contributed by atoms with Crippen LogP contribution >= 0.6 is 11.6 Å². The first-order valence-corrected chi connectivity index (χ1v) is 6.57. The third-order valence-corrected chi connectivity index (χ3v) is 3.74. The number of carbonyl (C=O) groups is 1. The molecule has 0 unspecified atom stereocenters. The van der Waals surface area contributed by atoms with Gasteiger partial charge in [0.2, 0.25) is 5.91 Å². The maximum absolute atomic E-state index is 11.6. The SMILES string of the molecule is O=C1CCCN1Cc1cc(Cl)c2cccnc2c1O. The minimum atomic E-state index is 0.111. The molecular formula is C14H13ClN2O2. The molecule has 0 spiro atoms. The van der Waals surface area contributed by atoms with Gasteiger partial charge < -0.3 is 10.0 Å². The molecular weight excluding hydrogens is 264 g/mol. The van der Waals surface area contributed by atoms with Crippen molar-refractivity contribution in [3.63, 3.8) is 0 Å². The van der Waals surface area contributed by atoms with E-state index in [1.54, 1.807) is 23.2 Å². The van der Waals surface area contributed by atoms with Crippen LogP contribution in [0.15, 0.2) is 24.4 Å². The second-order valence-corrected chi connectivity index (χ2v) is 5.09. The number of nitrogens with zero attached hydrogens (tertiary/aromatic N) is 2. The highest BCUT2D eigenvalue weighted by molar-refractivity contribution is 6.35. The van der Waals surface area contributed by atoms with Crippen LogP contribution in [0.2, 0.25) is 5.02 Å². The minimum absolute atomic E-state index is 0.111. The molecule has 1 aliphatic heterocycles. The summed E-state index contributed by atoms with van der Waals surface area (Å²) in [5, 5.41) is 11.5. The number of likely N-dealkylation sites (tertiary alicyclic amines) is 1. The third kappa shape index (κ3) is 2.12. The molecule has 2 heterocycles. The average molecular weight is 277 g/mol. The fourth-order valence-corrected chi connectivity index (χ4v) is 2.72. The van der Waals surface area contributed by atoms with Crippen molar-refractivity contribution >= 4 is 28.4 Å². The van der Waals surface area contributed by atoms with E-state index < -0.39 is 0 Å². The summed E-state index contributed by atoms with van der Waals surface area (Å²) in [6.45, 7) is 1.12. The standard InChI is InChI=1S/C14H13ClN2O2/c15-11-7-9(8-17-6-2-4-12(17)18)14(19)13-10(11)3-1-5-16-13/h1,3,5,7,19H,2,4,6,8H2. The Morgan fingerprint density at radius 3 is 3.05 bits per heavy atom. The Kier molecular flexibility index (Phi) is 3.03. The molecule has 1 aromatic carbocycles. The van der Waals surface area contributed by atoms with Crippen LogP contribution < -0.4 is 0 Å². The molecule has 1 fully saturated rings. The van der Waals surface area contributed by atoms with Crippen molar-refractivity contribution in [2.45, 2.75) is 19.4 Å². The summed E-state index contributed by atoms with van der Waals surface area (Å²) in [5.41, 5.74) is 1.13. The molecule has 1 aliphatic rings. The molecule has 3 rings (SSSR count). The minimum Gasteiger partial charge on any atom is -0.505 e. The molecule has 2 aromatic rings. The van der Waals surface area contributed by atoms with Gasteiger partial charge in [0.05, 0.1) is 5.02 Å². The number of phenols is 1. The normalized spacial score (nSPS) is 15.4. The maximum atomic E-state index is 11.6. The number of pyridine rings is 1. The predicted octanol–water partition coefficient (Wildman–Crippen LogP) is 2.72. The second kappa shape index (κ2) is 4.70. The summed E-state index contributed by atoms with van der Waals surface area (Å²) in [7, 11) is 0. The number of halogens is 1. The van der Waals surface area contributed by atoms with Crippen molar-refractivity contribution in [1.29, 1.82) is 0 Å². The van der Waals surface area contributed by atoms with Gasteiger partial charge in [0.1, 0.15) is 11.3 Å². The first-order valence-electron chi connectivity index (χ1n) is 6.19. The van der Waals surface area contributed by atoms with E-state index in [0.717, 1.165) is 18.4 Å². The van der Waals surface area contributed by atoms with Crippen molar-refractivity contribution < 1.29 is 9.90 Å². The number of carbonyl (C=O) groups excluding carboxylic acids is 1. The Bertz CT molecular complexity index is 657. The van der Waals surface area contributed by atoms with Gasteiger partial charge in [-0.05, 0) is 24.6 Å². The van der Waals surface area contributed by atoms with Gasteiger partial charge >= 0.3 is 0 Å². The summed E-state index contributed by atoms with van der Waals surface area (Å²) in [6.07, 6.45) is 3.07. The number of aromatic hydroxyl groups is 1. The molecule has 0 aliphatic carbocycles. The molecule has 1 saturated heterocycles. The Morgan fingerprint density at radius 1 is 1.47 bits per heavy atom. The number of hydrogen-bond acceptors (Lipinski definition) is 3. The molecule has 5 heteroatoms. The van der Waals surface area contributed by atoms with E-state index in [9.17, 15) is 9.90 Å². The highest BCUT2D eigenvalue weighted by Gasteiger charge is 2.22. The fraction of sp³-hybridized carbons (Fsp3) is 0.286. The van der Waals surface area contributed by atoms with Gasteiger partial charge in [0.15, 0.2) is 0 Å². The zero-order valence-corrected chi connectivity index (χ0v) is 11.0. The van der Waals surface area contributed by atoms with E-state index in [-0.39, 0.29) is 11.7 Å². The van der Waals surface area contributed by atoms with E-state index in [2.05, 4.69) is 4.98 Å². The van der Waals surface area contributed by atoms with E-state index in [0.29, 0.717) is 29.1 Å². The van der Waals surface area contributed by atoms with Crippen molar-refractivity contribution in [3.8, 4) is 5.75 Å². The van der Waals surface area contributed by atoms with E-state index in [1.807, 2.05) is 6.07 Å². The van der Waals surface area contributed by atoms with Crippen LogP contribution in [0.1, 0.15) is 18.4 Å². The lowest BCUT2D eigenvalue weighted by molar-refractivity contribution is -0.128. The van der Waals surface area contributed by atoms with Crippen molar-refractivity contribution in [2.75, 3.05) is 6.54 Å². The Hall–Kier alpha value is -1.81. The van der Waals surface area contributed by atoms with Gasteiger partial charge in [0.25, 0.3) is 0 Å². The summed E-state index contributed by atoms with van der Waals surface area (Å²) < 4.78 is 0. The molecule has 1 N–H and O–H groups in total. The van der Waals surface area contributed by atoms with Crippen LogP contribution in [0.25, 0.3) is 10.9 Å². The highest BCUT2D eigenvalue weighted by Crippen LogP contribution is 2.34. The molecule has 1 aromatic heterocycles. The monoisotopic (exact) mass is 276 g/mol. The van der Waals surface area contributed by atoms with E-state index >= 15 is 0 Å². The van der Waals surface area contributed by atoms with Crippen molar-refractivity contribution in [3.05, 3.63) is 35.0 Å². The van der Waals surface area contributed by atoms with Crippen LogP contribution in [0, 0.1) is 0 Å². The van der Waals surface area contributed by atoms with E-state index in [4.69, 9.17) is 11.6 Å². The van der Waals surface area contributed by atoms with Crippen LogP contribution in [0.4, 0.5) is 0 Å². The van der Waals surface area contributed by atoms with Crippen molar-refractivity contribution in [2.24, 2.45) is 0 Å². The molecule has 0 saturated carbocycles. The number of aromatic nitrogens is 1. The lowest BCUT2D eigenvalue weighted by atomic mass is 10.1. The smallest absolute Gasteiger partial charge is 0.222 e. The number of fused-ring (bicyclic) bond motifs is 1. The Morgan fingerprint density at radius 2 is 2.32 bits per heavy atom. The van der Waals surface area contributed by atoms with Gasteiger partial charge in [-0.25, -0.2) is 0 Å². The molecule has 4 nitrogen and oxygen atoms in total. The zero-order chi connectivity index (χ0) is 13.4. The lowest BCUT2D eigenvalue weighted by Gasteiger charge is -2.17. The molecule has 98 valence electrons. The summed E-state index contributed by atoms with van der Waals surface area (Å²) in [4.78, 5) is 17.5. The lowest BCUT2D eigenvalue weighted by Crippen LogP contribution is -2.23. The number of phenolic OH excluding ortho intramolecular Hbond substituents is 1. The Labute approximate surface area is 115 Å². The van der Waals surface area contributed by atoms with Gasteiger partial charge in [-0.2, -0.15) is 0 Å². The fourth-order valence-electron chi connectivity index (χ4n) is 2.44. The average Bonchev–Trinajstić information content (AvgIpc) is 2.81. The van der Waals surface area contributed by atoms with Crippen LogP contribution in [0.5, 0.6) is 5.75 Å². The van der Waals surface area contributed by atoms with Gasteiger partial charge in [-0.15, -0.1) is 0 Å². The first kappa shape index (κ1) is 12.2. The second-order valence-electron chi connectivity index (χ2n) is 4.68. The Balaban J connectivity index is 2.04. The third-order valence-electron chi connectivity index (χ3n) is 3.43. The molecule has 19 heavy (non-hydrogen) atoms.